The fraction of sp³-hybridized carbons (Fsp3) is 0.200. The lowest BCUT2D eigenvalue weighted by atomic mass is 10.0. The highest BCUT2D eigenvalue weighted by Gasteiger charge is 2.30. The van der Waals surface area contributed by atoms with E-state index in [2.05, 4.69) is 5.32 Å². The molecule has 166 valence electrons. The Morgan fingerprint density at radius 2 is 1.50 bits per heavy atom. The lowest BCUT2D eigenvalue weighted by molar-refractivity contribution is -0.139. The zero-order chi connectivity index (χ0) is 22.9. The molecule has 0 aliphatic rings. The summed E-state index contributed by atoms with van der Waals surface area (Å²) >= 11 is 14.2. The molecule has 3 rings (SSSR count). The van der Waals surface area contributed by atoms with Crippen LogP contribution in [0, 0.1) is 0 Å². The Morgan fingerprint density at radius 3 is 2.09 bits per heavy atom. The first-order valence-electron chi connectivity index (χ1n) is 10.2. The maximum absolute atomic E-state index is 13.4. The van der Waals surface area contributed by atoms with Gasteiger partial charge >= 0.3 is 0 Å². The first-order valence-corrected chi connectivity index (χ1v) is 11.9. The molecule has 0 spiro atoms. The standard InChI is InChI=1S/C25H24Cl2N2O2S/c1-28-25(31)23(15-18-9-4-2-5-10-18)29(16-20-21(26)13-8-14-22(20)27)24(30)17-32-19-11-6-3-7-12-19/h2-14,23H,15-17H2,1H3,(H,28,31). The Hall–Kier alpha value is -2.47. The molecule has 1 atom stereocenters. The average Bonchev–Trinajstić information content (AvgIpc) is 2.82. The SMILES string of the molecule is CNC(=O)C(Cc1ccccc1)N(Cc1c(Cl)cccc1Cl)C(=O)CSc1ccccc1. The van der Waals surface area contributed by atoms with Crippen LogP contribution in [0.25, 0.3) is 0 Å². The lowest BCUT2D eigenvalue weighted by Crippen LogP contribution is -2.50. The van der Waals surface area contributed by atoms with Gasteiger partial charge in [-0.15, -0.1) is 11.8 Å². The number of halogens is 2. The van der Waals surface area contributed by atoms with Gasteiger partial charge in [-0.2, -0.15) is 0 Å². The molecule has 0 radical (unpaired) electrons. The monoisotopic (exact) mass is 486 g/mol. The van der Waals surface area contributed by atoms with Crippen molar-refractivity contribution >= 4 is 46.8 Å². The van der Waals surface area contributed by atoms with Gasteiger partial charge in [0.1, 0.15) is 6.04 Å². The number of carbonyl (C=O) groups is 2. The van der Waals surface area contributed by atoms with E-state index in [9.17, 15) is 9.59 Å². The minimum atomic E-state index is -0.710. The van der Waals surface area contributed by atoms with E-state index >= 15 is 0 Å². The fourth-order valence-electron chi connectivity index (χ4n) is 3.32. The molecule has 3 aromatic carbocycles. The molecule has 0 saturated carbocycles. The van der Waals surface area contributed by atoms with Crippen molar-refractivity contribution in [3.63, 3.8) is 0 Å². The van der Waals surface area contributed by atoms with Crippen LogP contribution >= 0.6 is 35.0 Å². The van der Waals surface area contributed by atoms with E-state index in [1.807, 2.05) is 60.7 Å². The second-order valence-electron chi connectivity index (χ2n) is 7.14. The van der Waals surface area contributed by atoms with Crippen molar-refractivity contribution in [2.45, 2.75) is 23.9 Å². The van der Waals surface area contributed by atoms with Gasteiger partial charge in [0.2, 0.25) is 11.8 Å². The third-order valence-corrected chi connectivity index (χ3v) is 6.72. The van der Waals surface area contributed by atoms with Gasteiger partial charge in [-0.25, -0.2) is 0 Å². The maximum atomic E-state index is 13.4. The molecular formula is C25H24Cl2N2O2S. The first-order chi connectivity index (χ1) is 15.5. The second kappa shape index (κ2) is 12.0. The number of carbonyl (C=O) groups excluding carboxylic acids is 2. The van der Waals surface area contributed by atoms with Gasteiger partial charge in [-0.1, -0.05) is 77.8 Å². The van der Waals surface area contributed by atoms with Crippen LogP contribution in [0.4, 0.5) is 0 Å². The van der Waals surface area contributed by atoms with Gasteiger partial charge in [0, 0.05) is 40.5 Å². The third-order valence-electron chi connectivity index (χ3n) is 5.01. The van der Waals surface area contributed by atoms with Crippen LogP contribution in [0.15, 0.2) is 83.8 Å². The van der Waals surface area contributed by atoms with E-state index < -0.39 is 6.04 Å². The van der Waals surface area contributed by atoms with Crippen LogP contribution in [0.5, 0.6) is 0 Å². The Kier molecular flexibility index (Phi) is 9.03. The molecule has 0 saturated heterocycles. The summed E-state index contributed by atoms with van der Waals surface area (Å²) < 4.78 is 0. The third kappa shape index (κ3) is 6.52. The summed E-state index contributed by atoms with van der Waals surface area (Å²) in [6.45, 7) is 0.137. The number of amides is 2. The zero-order valence-corrected chi connectivity index (χ0v) is 20.0. The van der Waals surface area contributed by atoms with Crippen LogP contribution in [0.2, 0.25) is 10.0 Å². The molecule has 0 heterocycles. The second-order valence-corrected chi connectivity index (χ2v) is 9.01. The predicted octanol–water partition coefficient (Wildman–Crippen LogP) is 5.47. The summed E-state index contributed by atoms with van der Waals surface area (Å²) in [5.41, 5.74) is 1.58. The predicted molar refractivity (Wildman–Crippen MR) is 132 cm³/mol. The van der Waals surface area contributed by atoms with Crippen molar-refractivity contribution in [3.05, 3.63) is 100 Å². The number of benzene rings is 3. The van der Waals surface area contributed by atoms with Crippen LogP contribution in [0.1, 0.15) is 11.1 Å². The molecule has 32 heavy (non-hydrogen) atoms. The largest absolute Gasteiger partial charge is 0.357 e. The molecule has 0 fully saturated rings. The highest BCUT2D eigenvalue weighted by atomic mass is 35.5. The highest BCUT2D eigenvalue weighted by Crippen LogP contribution is 2.28. The fourth-order valence-corrected chi connectivity index (χ4v) is 4.64. The molecule has 4 nitrogen and oxygen atoms in total. The molecule has 0 aromatic heterocycles. The van der Waals surface area contributed by atoms with E-state index in [-0.39, 0.29) is 24.1 Å². The molecule has 0 bridgehead atoms. The van der Waals surface area contributed by atoms with Crippen LogP contribution < -0.4 is 5.32 Å². The Bertz CT molecular complexity index is 1030. The normalized spacial score (nSPS) is 11.6. The van der Waals surface area contributed by atoms with Crippen LogP contribution in [-0.2, 0) is 22.6 Å². The van der Waals surface area contributed by atoms with Gasteiger partial charge in [0.15, 0.2) is 0 Å². The smallest absolute Gasteiger partial charge is 0.242 e. The van der Waals surface area contributed by atoms with E-state index in [4.69, 9.17) is 23.2 Å². The van der Waals surface area contributed by atoms with Crippen molar-refractivity contribution in [1.82, 2.24) is 10.2 Å². The Labute approximate surface area is 202 Å². The molecule has 0 aliphatic carbocycles. The van der Waals surface area contributed by atoms with Crippen molar-refractivity contribution in [1.29, 1.82) is 0 Å². The summed E-state index contributed by atoms with van der Waals surface area (Å²) in [5, 5.41) is 3.62. The molecule has 3 aromatic rings. The Morgan fingerprint density at radius 1 is 0.906 bits per heavy atom. The van der Waals surface area contributed by atoms with Gasteiger partial charge in [-0.05, 0) is 29.8 Å². The van der Waals surface area contributed by atoms with Crippen molar-refractivity contribution in [2.75, 3.05) is 12.8 Å². The summed E-state index contributed by atoms with van der Waals surface area (Å²) in [7, 11) is 1.57. The topological polar surface area (TPSA) is 49.4 Å². The van der Waals surface area contributed by atoms with Gasteiger partial charge in [0.25, 0.3) is 0 Å². The van der Waals surface area contributed by atoms with Gasteiger partial charge in [0.05, 0.1) is 5.75 Å². The minimum absolute atomic E-state index is 0.137. The zero-order valence-electron chi connectivity index (χ0n) is 17.6. The maximum Gasteiger partial charge on any atom is 0.242 e. The van der Waals surface area contributed by atoms with E-state index in [0.29, 0.717) is 22.0 Å². The number of likely N-dealkylation sites (N-methyl/N-ethyl adjacent to an activating group) is 1. The molecule has 0 aliphatic heterocycles. The molecule has 7 heteroatoms. The van der Waals surface area contributed by atoms with E-state index in [1.54, 1.807) is 30.1 Å². The van der Waals surface area contributed by atoms with Crippen LogP contribution in [0.3, 0.4) is 0 Å². The molecular weight excluding hydrogens is 463 g/mol. The Balaban J connectivity index is 1.92. The van der Waals surface area contributed by atoms with Gasteiger partial charge < -0.3 is 10.2 Å². The molecule has 1 unspecified atom stereocenters. The van der Waals surface area contributed by atoms with Crippen molar-refractivity contribution in [2.24, 2.45) is 0 Å². The van der Waals surface area contributed by atoms with Crippen molar-refractivity contribution in [3.8, 4) is 0 Å². The number of nitrogens with zero attached hydrogens (tertiary/aromatic N) is 1. The quantitative estimate of drug-likeness (QED) is 0.407. The summed E-state index contributed by atoms with van der Waals surface area (Å²) in [5.74, 6) is -0.219. The minimum Gasteiger partial charge on any atom is -0.357 e. The van der Waals surface area contributed by atoms with Crippen molar-refractivity contribution < 1.29 is 9.59 Å². The molecule has 1 N–H and O–H groups in total. The van der Waals surface area contributed by atoms with E-state index in [0.717, 1.165) is 10.5 Å². The summed E-state index contributed by atoms with van der Waals surface area (Å²) in [4.78, 5) is 28.9. The summed E-state index contributed by atoms with van der Waals surface area (Å²) in [6.07, 6.45) is 0.379. The number of hydrogen-bond acceptors (Lipinski definition) is 3. The van der Waals surface area contributed by atoms with Crippen LogP contribution in [-0.4, -0.2) is 35.6 Å². The summed E-state index contributed by atoms with van der Waals surface area (Å²) in [6, 6.07) is 23.8. The molecule has 2 amide bonds. The highest BCUT2D eigenvalue weighted by molar-refractivity contribution is 8.00. The average molecular weight is 487 g/mol. The number of thioether (sulfide) groups is 1. The first kappa shape index (κ1) is 24.2. The van der Waals surface area contributed by atoms with E-state index in [1.165, 1.54) is 11.8 Å². The number of nitrogens with one attached hydrogen (secondary N) is 1. The van der Waals surface area contributed by atoms with Gasteiger partial charge in [-0.3, -0.25) is 9.59 Å². The number of rotatable bonds is 9. The number of hydrogen-bond donors (Lipinski definition) is 1. The lowest BCUT2D eigenvalue weighted by Gasteiger charge is -2.31.